The van der Waals surface area contributed by atoms with Gasteiger partial charge in [0.15, 0.2) is 5.82 Å². The summed E-state index contributed by atoms with van der Waals surface area (Å²) in [5.41, 5.74) is 1.16. The lowest BCUT2D eigenvalue weighted by Crippen LogP contribution is -2.15. The number of hydrogen-bond acceptors (Lipinski definition) is 4. The molecule has 0 saturated heterocycles. The highest BCUT2D eigenvalue weighted by atomic mass is 15.3. The molecule has 2 aromatic heterocycles. The van der Waals surface area contributed by atoms with Gasteiger partial charge < -0.3 is 5.32 Å². The van der Waals surface area contributed by atoms with E-state index < -0.39 is 0 Å². The molecule has 16 heavy (non-hydrogen) atoms. The maximum Gasteiger partial charge on any atom is 0.252 e. The molecule has 0 aliphatic heterocycles. The van der Waals surface area contributed by atoms with E-state index in [4.69, 9.17) is 0 Å². The lowest BCUT2D eigenvalue weighted by Gasteiger charge is -2.01. The first kappa shape index (κ1) is 9.72. The Bertz CT molecular complexity index is 500. The molecule has 0 unspecified atom stereocenters. The number of aryl methyl sites for hydroxylation is 1. The fraction of sp³-hybridized carbons (Fsp3) is 0.545. The average molecular weight is 217 g/mol. The number of rotatable bonds is 4. The Morgan fingerprint density at radius 1 is 1.50 bits per heavy atom. The summed E-state index contributed by atoms with van der Waals surface area (Å²) in [7, 11) is 0. The number of aromatic nitrogens is 4. The standard InChI is InChI=1S/C11H15N5/c1-2-10-14-11-13-6-8(7-16(11)15-10)5-12-9-3-4-9/h6-7,9,12H,2-5H2,1H3. The van der Waals surface area contributed by atoms with Crippen molar-refractivity contribution in [2.24, 2.45) is 0 Å². The third kappa shape index (κ3) is 1.90. The number of fused-ring (bicyclic) bond motifs is 1. The normalized spacial score (nSPS) is 15.8. The summed E-state index contributed by atoms with van der Waals surface area (Å²) in [4.78, 5) is 8.60. The molecule has 2 heterocycles. The lowest BCUT2D eigenvalue weighted by atomic mass is 10.3. The van der Waals surface area contributed by atoms with Gasteiger partial charge in [-0.25, -0.2) is 9.50 Å². The summed E-state index contributed by atoms with van der Waals surface area (Å²) in [5.74, 6) is 1.53. The second-order valence-electron chi connectivity index (χ2n) is 4.24. The third-order valence-corrected chi connectivity index (χ3v) is 2.78. The Hall–Kier alpha value is -1.49. The van der Waals surface area contributed by atoms with Crippen LogP contribution in [0.2, 0.25) is 0 Å². The Morgan fingerprint density at radius 3 is 3.12 bits per heavy atom. The van der Waals surface area contributed by atoms with Crippen LogP contribution in [0.4, 0.5) is 0 Å². The summed E-state index contributed by atoms with van der Waals surface area (Å²) >= 11 is 0. The molecule has 1 N–H and O–H groups in total. The van der Waals surface area contributed by atoms with E-state index in [1.54, 1.807) is 4.52 Å². The molecule has 0 radical (unpaired) electrons. The van der Waals surface area contributed by atoms with E-state index in [0.717, 1.165) is 30.4 Å². The second-order valence-corrected chi connectivity index (χ2v) is 4.24. The van der Waals surface area contributed by atoms with Gasteiger partial charge in [0.05, 0.1) is 0 Å². The van der Waals surface area contributed by atoms with Crippen molar-refractivity contribution in [1.82, 2.24) is 24.9 Å². The summed E-state index contributed by atoms with van der Waals surface area (Å²) in [6, 6.07) is 0.720. The molecular weight excluding hydrogens is 202 g/mol. The Kier molecular flexibility index (Phi) is 2.32. The molecule has 5 nitrogen and oxygen atoms in total. The molecule has 3 rings (SSSR count). The molecule has 0 atom stereocenters. The van der Waals surface area contributed by atoms with Gasteiger partial charge in [-0.1, -0.05) is 6.92 Å². The van der Waals surface area contributed by atoms with Crippen molar-refractivity contribution in [1.29, 1.82) is 0 Å². The summed E-state index contributed by atoms with van der Waals surface area (Å²) < 4.78 is 1.77. The van der Waals surface area contributed by atoms with Gasteiger partial charge in [0.2, 0.25) is 0 Å². The van der Waals surface area contributed by atoms with Crippen LogP contribution in [0.5, 0.6) is 0 Å². The fourth-order valence-corrected chi connectivity index (χ4v) is 1.65. The molecule has 1 saturated carbocycles. The SMILES string of the molecule is CCc1nc2ncc(CNC3CC3)cn2n1. The largest absolute Gasteiger partial charge is 0.310 e. The minimum absolute atomic E-state index is 0.687. The second kappa shape index (κ2) is 3.83. The zero-order valence-electron chi connectivity index (χ0n) is 9.35. The van der Waals surface area contributed by atoms with E-state index in [9.17, 15) is 0 Å². The van der Waals surface area contributed by atoms with E-state index >= 15 is 0 Å². The maximum atomic E-state index is 4.35. The first-order chi connectivity index (χ1) is 7.85. The van der Waals surface area contributed by atoms with E-state index in [2.05, 4.69) is 20.4 Å². The Morgan fingerprint density at radius 2 is 2.38 bits per heavy atom. The first-order valence-electron chi connectivity index (χ1n) is 5.78. The van der Waals surface area contributed by atoms with Gasteiger partial charge in [0, 0.05) is 37.0 Å². The van der Waals surface area contributed by atoms with Gasteiger partial charge in [-0.2, -0.15) is 4.98 Å². The Labute approximate surface area is 93.9 Å². The predicted molar refractivity (Wildman–Crippen MR) is 60.0 cm³/mol. The van der Waals surface area contributed by atoms with Crippen LogP contribution in [0.25, 0.3) is 5.78 Å². The average Bonchev–Trinajstić information content (AvgIpc) is 3.04. The predicted octanol–water partition coefficient (Wildman–Crippen LogP) is 0.939. The van der Waals surface area contributed by atoms with Gasteiger partial charge in [-0.05, 0) is 12.8 Å². The molecule has 1 fully saturated rings. The minimum atomic E-state index is 0.687. The number of hydrogen-bond donors (Lipinski definition) is 1. The van der Waals surface area contributed by atoms with Gasteiger partial charge >= 0.3 is 0 Å². The molecule has 0 spiro atoms. The lowest BCUT2D eigenvalue weighted by molar-refractivity contribution is 0.680. The summed E-state index contributed by atoms with van der Waals surface area (Å²) in [6.07, 6.45) is 7.33. The van der Waals surface area contributed by atoms with Gasteiger partial charge in [0.1, 0.15) is 0 Å². The third-order valence-electron chi connectivity index (χ3n) is 2.78. The highest BCUT2D eigenvalue weighted by Crippen LogP contribution is 2.19. The molecule has 5 heteroatoms. The molecular formula is C11H15N5. The van der Waals surface area contributed by atoms with Crippen molar-refractivity contribution in [3.63, 3.8) is 0 Å². The molecule has 0 bridgehead atoms. The van der Waals surface area contributed by atoms with Gasteiger partial charge in [-0.15, -0.1) is 5.10 Å². The van der Waals surface area contributed by atoms with Crippen molar-refractivity contribution in [3.8, 4) is 0 Å². The minimum Gasteiger partial charge on any atom is -0.310 e. The van der Waals surface area contributed by atoms with Crippen LogP contribution in [0, 0.1) is 0 Å². The van der Waals surface area contributed by atoms with Crippen LogP contribution in [0.1, 0.15) is 31.2 Å². The zero-order chi connectivity index (χ0) is 11.0. The molecule has 0 amide bonds. The van der Waals surface area contributed by atoms with E-state index in [0.29, 0.717) is 5.78 Å². The highest BCUT2D eigenvalue weighted by molar-refractivity contribution is 5.27. The Balaban J connectivity index is 1.82. The van der Waals surface area contributed by atoms with Crippen LogP contribution in [0.15, 0.2) is 12.4 Å². The van der Waals surface area contributed by atoms with E-state index in [1.165, 1.54) is 12.8 Å². The molecule has 1 aliphatic rings. The fourth-order valence-electron chi connectivity index (χ4n) is 1.65. The molecule has 84 valence electrons. The van der Waals surface area contributed by atoms with Crippen molar-refractivity contribution in [3.05, 3.63) is 23.8 Å². The first-order valence-corrected chi connectivity index (χ1v) is 5.78. The topological polar surface area (TPSA) is 55.1 Å². The number of nitrogens with one attached hydrogen (secondary N) is 1. The van der Waals surface area contributed by atoms with Crippen LogP contribution >= 0.6 is 0 Å². The smallest absolute Gasteiger partial charge is 0.252 e. The van der Waals surface area contributed by atoms with Crippen LogP contribution < -0.4 is 5.32 Å². The highest BCUT2D eigenvalue weighted by Gasteiger charge is 2.20. The van der Waals surface area contributed by atoms with Crippen LogP contribution in [0.3, 0.4) is 0 Å². The van der Waals surface area contributed by atoms with Crippen LogP contribution in [-0.2, 0) is 13.0 Å². The maximum absolute atomic E-state index is 4.35. The molecule has 0 aromatic carbocycles. The van der Waals surface area contributed by atoms with Crippen molar-refractivity contribution >= 4 is 5.78 Å². The van der Waals surface area contributed by atoms with E-state index in [1.807, 2.05) is 19.3 Å². The number of nitrogens with zero attached hydrogens (tertiary/aromatic N) is 4. The van der Waals surface area contributed by atoms with Crippen molar-refractivity contribution in [2.75, 3.05) is 0 Å². The van der Waals surface area contributed by atoms with Crippen molar-refractivity contribution < 1.29 is 0 Å². The van der Waals surface area contributed by atoms with Crippen LogP contribution in [-0.4, -0.2) is 25.6 Å². The van der Waals surface area contributed by atoms with Gasteiger partial charge in [-0.3, -0.25) is 0 Å². The summed E-state index contributed by atoms with van der Waals surface area (Å²) in [6.45, 7) is 2.92. The monoisotopic (exact) mass is 217 g/mol. The van der Waals surface area contributed by atoms with Crippen molar-refractivity contribution in [2.45, 2.75) is 38.8 Å². The quantitative estimate of drug-likeness (QED) is 0.828. The van der Waals surface area contributed by atoms with E-state index in [-0.39, 0.29) is 0 Å². The zero-order valence-corrected chi connectivity index (χ0v) is 9.35. The summed E-state index contributed by atoms with van der Waals surface area (Å²) in [5, 5.41) is 7.81. The molecule has 2 aromatic rings. The van der Waals surface area contributed by atoms with Gasteiger partial charge in [0.25, 0.3) is 5.78 Å². The molecule has 1 aliphatic carbocycles.